The fourth-order valence-corrected chi connectivity index (χ4v) is 3.81. The molecule has 0 fully saturated rings. The van der Waals surface area contributed by atoms with Gasteiger partial charge in [0.25, 0.3) is 5.91 Å². The van der Waals surface area contributed by atoms with Crippen LogP contribution in [0.15, 0.2) is 66.0 Å². The van der Waals surface area contributed by atoms with Gasteiger partial charge < -0.3 is 10.6 Å². The van der Waals surface area contributed by atoms with E-state index in [1.165, 1.54) is 17.8 Å². The molecule has 2 N–H and O–H groups in total. The molecule has 7 nitrogen and oxygen atoms in total. The fraction of sp³-hybridized carbons (Fsp3) is 0.167. The second kappa shape index (κ2) is 9.83. The number of fused-ring (bicyclic) bond motifs is 1. The van der Waals surface area contributed by atoms with Crippen molar-refractivity contribution in [3.63, 3.8) is 0 Å². The van der Waals surface area contributed by atoms with E-state index in [0.29, 0.717) is 34.2 Å². The van der Waals surface area contributed by atoms with Crippen LogP contribution in [0.25, 0.3) is 5.65 Å². The Labute approximate surface area is 194 Å². The van der Waals surface area contributed by atoms with Gasteiger partial charge in [0.2, 0.25) is 5.91 Å². The van der Waals surface area contributed by atoms with E-state index in [9.17, 15) is 14.0 Å². The third kappa shape index (κ3) is 5.56. The summed E-state index contributed by atoms with van der Waals surface area (Å²) >= 11 is 1.18. The lowest BCUT2D eigenvalue weighted by Crippen LogP contribution is -2.23. The number of aryl methyl sites for hydroxylation is 2. The van der Waals surface area contributed by atoms with E-state index >= 15 is 0 Å². The van der Waals surface area contributed by atoms with Crippen LogP contribution < -0.4 is 10.6 Å². The number of thioether (sulfide) groups is 1. The molecule has 0 spiro atoms. The number of carbonyl (C=O) groups is 2. The van der Waals surface area contributed by atoms with E-state index in [2.05, 4.69) is 20.8 Å². The van der Waals surface area contributed by atoms with E-state index in [0.717, 1.165) is 11.1 Å². The topological polar surface area (TPSA) is 88.4 Å². The van der Waals surface area contributed by atoms with Crippen LogP contribution in [0.2, 0.25) is 0 Å². The first-order valence-electron chi connectivity index (χ1n) is 10.3. The van der Waals surface area contributed by atoms with Crippen molar-refractivity contribution in [2.45, 2.75) is 25.5 Å². The Kier molecular flexibility index (Phi) is 6.69. The van der Waals surface area contributed by atoms with Gasteiger partial charge in [-0.1, -0.05) is 47.7 Å². The Morgan fingerprint density at radius 2 is 1.82 bits per heavy atom. The fourth-order valence-electron chi connectivity index (χ4n) is 3.09. The average molecular weight is 464 g/mol. The molecule has 0 saturated carbocycles. The molecule has 0 unspecified atom stereocenters. The molecular formula is C24H22FN5O2S. The summed E-state index contributed by atoms with van der Waals surface area (Å²) < 4.78 is 15.3. The van der Waals surface area contributed by atoms with Crippen molar-refractivity contribution in [1.82, 2.24) is 19.9 Å². The maximum absolute atomic E-state index is 13.7. The largest absolute Gasteiger partial charge is 0.348 e. The van der Waals surface area contributed by atoms with Crippen LogP contribution >= 0.6 is 11.8 Å². The van der Waals surface area contributed by atoms with Gasteiger partial charge in [-0.05, 0) is 49.2 Å². The second-order valence-electron chi connectivity index (χ2n) is 7.60. The molecular weight excluding hydrogens is 441 g/mol. The number of nitrogens with one attached hydrogen (secondary N) is 2. The van der Waals surface area contributed by atoms with Crippen molar-refractivity contribution in [2.75, 3.05) is 11.1 Å². The highest BCUT2D eigenvalue weighted by molar-refractivity contribution is 7.99. The number of amides is 2. The van der Waals surface area contributed by atoms with Crippen LogP contribution in [0.5, 0.6) is 0 Å². The smallest absolute Gasteiger partial charge is 0.253 e. The summed E-state index contributed by atoms with van der Waals surface area (Å²) in [4.78, 5) is 24.9. The van der Waals surface area contributed by atoms with Gasteiger partial charge in [0, 0.05) is 18.4 Å². The standard InChI is InChI=1S/C24H22FN5O2S/c1-15-3-6-17(7-4-15)12-26-23(32)18-8-10-21-28-29-24(30(21)13-18)33-14-22(31)27-19-9-5-16(2)20(25)11-19/h3-11,13H,12,14H2,1-2H3,(H,26,32)(H,27,31). The van der Waals surface area contributed by atoms with Gasteiger partial charge in [-0.25, -0.2) is 4.39 Å². The van der Waals surface area contributed by atoms with Gasteiger partial charge in [-0.2, -0.15) is 0 Å². The highest BCUT2D eigenvalue weighted by atomic mass is 32.2. The normalized spacial score (nSPS) is 10.9. The number of hydrogen-bond donors (Lipinski definition) is 2. The number of hydrogen-bond acceptors (Lipinski definition) is 5. The summed E-state index contributed by atoms with van der Waals surface area (Å²) in [6, 6.07) is 15.9. The average Bonchev–Trinajstić information content (AvgIpc) is 3.22. The zero-order chi connectivity index (χ0) is 23.4. The molecule has 0 saturated heterocycles. The van der Waals surface area contributed by atoms with Crippen molar-refractivity contribution in [1.29, 1.82) is 0 Å². The molecule has 2 aromatic carbocycles. The Morgan fingerprint density at radius 3 is 2.58 bits per heavy atom. The summed E-state index contributed by atoms with van der Waals surface area (Å²) in [6.07, 6.45) is 1.65. The number of carbonyl (C=O) groups excluding carboxylic acids is 2. The van der Waals surface area contributed by atoms with Crippen molar-refractivity contribution < 1.29 is 14.0 Å². The zero-order valence-corrected chi connectivity index (χ0v) is 18.9. The molecule has 0 aliphatic heterocycles. The third-order valence-electron chi connectivity index (χ3n) is 4.99. The number of anilines is 1. The maximum atomic E-state index is 13.7. The molecule has 9 heteroatoms. The quantitative estimate of drug-likeness (QED) is 0.402. The van der Waals surface area contributed by atoms with Crippen LogP contribution in [-0.2, 0) is 11.3 Å². The molecule has 0 atom stereocenters. The van der Waals surface area contributed by atoms with Crippen LogP contribution in [0.3, 0.4) is 0 Å². The van der Waals surface area contributed by atoms with Crippen molar-refractivity contribution in [3.05, 3.63) is 88.9 Å². The molecule has 2 amide bonds. The Balaban J connectivity index is 1.39. The highest BCUT2D eigenvalue weighted by Crippen LogP contribution is 2.19. The molecule has 2 heterocycles. The number of nitrogens with zero attached hydrogens (tertiary/aromatic N) is 3. The minimum absolute atomic E-state index is 0.0557. The number of aromatic nitrogens is 3. The van der Waals surface area contributed by atoms with Gasteiger partial charge in [0.15, 0.2) is 10.8 Å². The van der Waals surface area contributed by atoms with Gasteiger partial charge >= 0.3 is 0 Å². The summed E-state index contributed by atoms with van der Waals surface area (Å²) in [5.41, 5.74) is 4.09. The minimum atomic E-state index is -0.378. The van der Waals surface area contributed by atoms with Crippen molar-refractivity contribution in [2.24, 2.45) is 0 Å². The molecule has 0 aliphatic rings. The lowest BCUT2D eigenvalue weighted by atomic mass is 10.1. The summed E-state index contributed by atoms with van der Waals surface area (Å²) in [6.45, 7) is 4.09. The van der Waals surface area contributed by atoms with Crippen LogP contribution in [0.1, 0.15) is 27.0 Å². The first kappa shape index (κ1) is 22.5. The monoisotopic (exact) mass is 463 g/mol. The lowest BCUT2D eigenvalue weighted by molar-refractivity contribution is -0.113. The van der Waals surface area contributed by atoms with Gasteiger partial charge in [0.05, 0.1) is 11.3 Å². The summed E-state index contributed by atoms with van der Waals surface area (Å²) in [5.74, 6) is -0.842. The maximum Gasteiger partial charge on any atom is 0.253 e. The molecule has 33 heavy (non-hydrogen) atoms. The summed E-state index contributed by atoms with van der Waals surface area (Å²) in [5, 5.41) is 14.2. The van der Waals surface area contributed by atoms with Crippen LogP contribution in [-0.4, -0.2) is 32.2 Å². The number of rotatable bonds is 7. The minimum Gasteiger partial charge on any atom is -0.348 e. The van der Waals surface area contributed by atoms with E-state index in [1.807, 2.05) is 31.2 Å². The number of benzene rings is 2. The molecule has 4 aromatic rings. The highest BCUT2D eigenvalue weighted by Gasteiger charge is 2.13. The number of pyridine rings is 1. The summed E-state index contributed by atoms with van der Waals surface area (Å²) in [7, 11) is 0. The van der Waals surface area contributed by atoms with Gasteiger partial charge in [-0.3, -0.25) is 14.0 Å². The van der Waals surface area contributed by atoms with Gasteiger partial charge in [0.1, 0.15) is 5.82 Å². The number of halogens is 1. The predicted octanol–water partition coefficient (Wildman–Crippen LogP) is 4.15. The Morgan fingerprint density at radius 1 is 1.03 bits per heavy atom. The predicted molar refractivity (Wildman–Crippen MR) is 126 cm³/mol. The van der Waals surface area contributed by atoms with E-state index < -0.39 is 0 Å². The molecule has 0 radical (unpaired) electrons. The van der Waals surface area contributed by atoms with Crippen molar-refractivity contribution >= 4 is 34.9 Å². The lowest BCUT2D eigenvalue weighted by Gasteiger charge is -2.07. The second-order valence-corrected chi connectivity index (χ2v) is 8.54. The van der Waals surface area contributed by atoms with Gasteiger partial charge in [-0.15, -0.1) is 10.2 Å². The zero-order valence-electron chi connectivity index (χ0n) is 18.1. The van der Waals surface area contributed by atoms with E-state index in [1.54, 1.807) is 41.8 Å². The SMILES string of the molecule is Cc1ccc(CNC(=O)c2ccc3nnc(SCC(=O)Nc4ccc(C)c(F)c4)n3c2)cc1. The third-order valence-corrected chi connectivity index (χ3v) is 5.94. The molecule has 4 rings (SSSR count). The molecule has 168 valence electrons. The van der Waals surface area contributed by atoms with Crippen LogP contribution in [0.4, 0.5) is 10.1 Å². The molecule has 2 aromatic heterocycles. The Bertz CT molecular complexity index is 1320. The molecule has 0 bridgehead atoms. The first-order valence-corrected chi connectivity index (χ1v) is 11.2. The van der Waals surface area contributed by atoms with E-state index in [4.69, 9.17) is 0 Å². The first-order chi connectivity index (χ1) is 15.9. The Hall–Kier alpha value is -3.72. The molecule has 0 aliphatic carbocycles. The van der Waals surface area contributed by atoms with Crippen LogP contribution in [0, 0.1) is 19.7 Å². The van der Waals surface area contributed by atoms with Crippen molar-refractivity contribution in [3.8, 4) is 0 Å². The van der Waals surface area contributed by atoms with E-state index in [-0.39, 0.29) is 23.4 Å².